The zero-order valence-corrected chi connectivity index (χ0v) is 11.7. The molecule has 17 heavy (non-hydrogen) atoms. The minimum absolute atomic E-state index is 0. The van der Waals surface area contributed by atoms with Crippen LogP contribution in [0.2, 0.25) is 0 Å². The molecule has 0 aromatic carbocycles. The molecular weight excluding hydrogens is 217 g/mol. The van der Waals surface area contributed by atoms with E-state index in [9.17, 15) is 0 Å². The third-order valence-corrected chi connectivity index (χ3v) is 3.13. The van der Waals surface area contributed by atoms with Gasteiger partial charge < -0.3 is 5.32 Å². The summed E-state index contributed by atoms with van der Waals surface area (Å²) in [6.45, 7) is 6.93. The summed E-state index contributed by atoms with van der Waals surface area (Å²) >= 11 is 0. The molecule has 1 N–H and O–H groups in total. The summed E-state index contributed by atoms with van der Waals surface area (Å²) in [6.07, 6.45) is 15.6. The molecule has 0 spiro atoms. The van der Waals surface area contributed by atoms with Crippen LogP contribution in [0.25, 0.3) is 0 Å². The van der Waals surface area contributed by atoms with Crippen LogP contribution < -0.4 is 5.32 Å². The Hall–Kier alpha value is 0.960. The Labute approximate surface area is 132 Å². The maximum absolute atomic E-state index is 3.46. The summed E-state index contributed by atoms with van der Waals surface area (Å²) in [5, 5.41) is 3.46. The summed E-state index contributed by atoms with van der Waals surface area (Å²) in [6, 6.07) is 0. The predicted octanol–water partition coefficient (Wildman–Crippen LogP) is 4.26. The van der Waals surface area contributed by atoms with Gasteiger partial charge in [0.2, 0.25) is 0 Å². The van der Waals surface area contributed by atoms with Crippen molar-refractivity contribution in [2.45, 2.75) is 84.5 Å². The van der Waals surface area contributed by atoms with Crippen LogP contribution in [0.4, 0.5) is 0 Å². The van der Waals surface area contributed by atoms with Crippen molar-refractivity contribution >= 4 is 29.6 Å². The Morgan fingerprint density at radius 3 is 1.47 bits per heavy atom. The van der Waals surface area contributed by atoms with E-state index in [0.717, 1.165) is 0 Å². The zero-order valence-electron chi connectivity index (χ0n) is 11.7. The second-order valence-corrected chi connectivity index (χ2v) is 4.93. The minimum atomic E-state index is 0. The first-order valence-corrected chi connectivity index (χ1v) is 7.62. The molecule has 0 atom stereocenters. The molecule has 0 fully saturated rings. The van der Waals surface area contributed by atoms with Crippen molar-refractivity contribution in [3.63, 3.8) is 0 Å². The van der Waals surface area contributed by atoms with Gasteiger partial charge in [-0.05, 0) is 25.9 Å². The summed E-state index contributed by atoms with van der Waals surface area (Å²) in [4.78, 5) is 0. The van der Waals surface area contributed by atoms with Crippen LogP contribution in [-0.2, 0) is 0 Å². The van der Waals surface area contributed by atoms with Gasteiger partial charge in [-0.25, -0.2) is 0 Å². The van der Waals surface area contributed by atoms with E-state index in [1.165, 1.54) is 83.7 Å². The molecule has 0 aliphatic heterocycles. The van der Waals surface area contributed by atoms with Gasteiger partial charge in [-0.1, -0.05) is 71.6 Å². The van der Waals surface area contributed by atoms with Crippen LogP contribution in [0.3, 0.4) is 0 Å². The van der Waals surface area contributed by atoms with Crippen molar-refractivity contribution in [3.05, 3.63) is 0 Å². The second-order valence-electron chi connectivity index (χ2n) is 4.93. The third kappa shape index (κ3) is 19.5. The molecule has 0 bridgehead atoms. The molecule has 0 amide bonds. The summed E-state index contributed by atoms with van der Waals surface area (Å²) in [5.41, 5.74) is 0. The van der Waals surface area contributed by atoms with Gasteiger partial charge in [0, 0.05) is 0 Å². The number of hydrogen-bond acceptors (Lipinski definition) is 1. The standard InChI is InChI=1S/C15H33N.Na.H/c1-3-5-6-7-8-9-10-11-12-13-15-16-14-4-2;;/h16H,3-15H2,1-2H3;;. The van der Waals surface area contributed by atoms with Crippen LogP contribution in [0.5, 0.6) is 0 Å². The molecule has 0 unspecified atom stereocenters. The number of nitrogens with one attached hydrogen (secondary N) is 1. The van der Waals surface area contributed by atoms with Crippen molar-refractivity contribution in [3.8, 4) is 0 Å². The Bertz CT molecular complexity index is 103. The van der Waals surface area contributed by atoms with Gasteiger partial charge in [0.1, 0.15) is 0 Å². The van der Waals surface area contributed by atoms with E-state index in [1.807, 2.05) is 0 Å². The molecular formula is C15H34NNa. The summed E-state index contributed by atoms with van der Waals surface area (Å²) in [5.74, 6) is 0. The van der Waals surface area contributed by atoms with Crippen LogP contribution in [0, 0.1) is 0 Å². The van der Waals surface area contributed by atoms with Gasteiger partial charge >= 0.3 is 29.6 Å². The van der Waals surface area contributed by atoms with E-state index in [4.69, 9.17) is 0 Å². The van der Waals surface area contributed by atoms with Gasteiger partial charge in [-0.2, -0.15) is 0 Å². The fourth-order valence-electron chi connectivity index (χ4n) is 2.04. The van der Waals surface area contributed by atoms with Crippen molar-refractivity contribution < 1.29 is 0 Å². The fraction of sp³-hybridized carbons (Fsp3) is 1.00. The van der Waals surface area contributed by atoms with E-state index in [2.05, 4.69) is 19.2 Å². The molecule has 0 aromatic rings. The van der Waals surface area contributed by atoms with Crippen molar-refractivity contribution in [1.82, 2.24) is 5.32 Å². The Balaban J connectivity index is 0. The van der Waals surface area contributed by atoms with E-state index < -0.39 is 0 Å². The molecule has 0 rings (SSSR count). The van der Waals surface area contributed by atoms with Gasteiger partial charge in [-0.3, -0.25) is 0 Å². The second kappa shape index (κ2) is 19.3. The Morgan fingerprint density at radius 2 is 1.00 bits per heavy atom. The molecule has 1 nitrogen and oxygen atoms in total. The van der Waals surface area contributed by atoms with Crippen molar-refractivity contribution in [2.24, 2.45) is 0 Å². The fourth-order valence-corrected chi connectivity index (χ4v) is 2.04. The van der Waals surface area contributed by atoms with Gasteiger partial charge in [0.25, 0.3) is 0 Å². The van der Waals surface area contributed by atoms with E-state index in [-0.39, 0.29) is 29.6 Å². The van der Waals surface area contributed by atoms with Crippen LogP contribution >= 0.6 is 0 Å². The maximum atomic E-state index is 3.46. The van der Waals surface area contributed by atoms with Crippen LogP contribution in [0.15, 0.2) is 0 Å². The quantitative estimate of drug-likeness (QED) is 0.381. The summed E-state index contributed by atoms with van der Waals surface area (Å²) in [7, 11) is 0. The number of rotatable bonds is 13. The molecule has 0 aliphatic rings. The third-order valence-electron chi connectivity index (χ3n) is 3.13. The average Bonchev–Trinajstić information content (AvgIpc) is 2.31. The zero-order chi connectivity index (χ0) is 11.9. The van der Waals surface area contributed by atoms with Crippen LogP contribution in [-0.4, -0.2) is 42.6 Å². The van der Waals surface area contributed by atoms with Crippen molar-refractivity contribution in [2.75, 3.05) is 13.1 Å². The van der Waals surface area contributed by atoms with E-state index in [1.54, 1.807) is 0 Å². The van der Waals surface area contributed by atoms with Gasteiger partial charge in [0.15, 0.2) is 0 Å². The molecule has 0 radical (unpaired) electrons. The molecule has 2 heteroatoms. The summed E-state index contributed by atoms with van der Waals surface area (Å²) < 4.78 is 0. The van der Waals surface area contributed by atoms with Crippen molar-refractivity contribution in [1.29, 1.82) is 0 Å². The van der Waals surface area contributed by atoms with Gasteiger partial charge in [-0.15, -0.1) is 0 Å². The first-order valence-electron chi connectivity index (χ1n) is 7.62. The Morgan fingerprint density at radius 1 is 0.529 bits per heavy atom. The molecule has 0 aliphatic carbocycles. The number of hydrogen-bond donors (Lipinski definition) is 1. The molecule has 0 heterocycles. The van der Waals surface area contributed by atoms with E-state index >= 15 is 0 Å². The Kier molecular flexibility index (Phi) is 23.0. The first kappa shape index (κ1) is 20.3. The SMILES string of the molecule is CCCCCCCCCCCCNCCC.[NaH]. The van der Waals surface area contributed by atoms with Crippen LogP contribution in [0.1, 0.15) is 84.5 Å². The molecule has 0 saturated heterocycles. The molecule has 100 valence electrons. The average molecular weight is 251 g/mol. The van der Waals surface area contributed by atoms with Gasteiger partial charge in [0.05, 0.1) is 0 Å². The topological polar surface area (TPSA) is 12.0 Å². The van der Waals surface area contributed by atoms with E-state index in [0.29, 0.717) is 0 Å². The molecule has 0 aromatic heterocycles. The first-order chi connectivity index (χ1) is 7.91. The normalized spacial score (nSPS) is 10.2. The number of unbranched alkanes of at least 4 members (excludes halogenated alkanes) is 9. The monoisotopic (exact) mass is 251 g/mol. The molecule has 0 saturated carbocycles. The predicted molar refractivity (Wildman–Crippen MR) is 82.2 cm³/mol.